The van der Waals surface area contributed by atoms with E-state index in [2.05, 4.69) is 17.2 Å². The quantitative estimate of drug-likeness (QED) is 0.562. The van der Waals surface area contributed by atoms with Crippen molar-refractivity contribution in [2.24, 2.45) is 0 Å². The third-order valence-corrected chi connectivity index (χ3v) is 2.27. The van der Waals surface area contributed by atoms with Crippen LogP contribution in [-0.4, -0.2) is 12.6 Å². The lowest BCUT2D eigenvalue weighted by atomic mass is 10.2. The monoisotopic (exact) mass is 185 g/mol. The zero-order valence-corrected chi connectivity index (χ0v) is 8.29. The van der Waals surface area contributed by atoms with Crippen molar-refractivity contribution < 1.29 is 0 Å². The van der Waals surface area contributed by atoms with Crippen molar-refractivity contribution in [3.05, 3.63) is 35.9 Å². The van der Waals surface area contributed by atoms with Gasteiger partial charge in [0.1, 0.15) is 0 Å². The fourth-order valence-electron chi connectivity index (χ4n) is 1.31. The highest BCUT2D eigenvalue weighted by Crippen LogP contribution is 2.18. The first kappa shape index (κ1) is 9.30. The van der Waals surface area contributed by atoms with Crippen molar-refractivity contribution in [1.82, 2.24) is 5.32 Å². The van der Waals surface area contributed by atoms with Crippen LogP contribution in [-0.2, 0) is 0 Å². The highest BCUT2D eigenvalue weighted by Gasteiger charge is 2.19. The summed E-state index contributed by atoms with van der Waals surface area (Å²) in [5.74, 6) is 6.32. The molecule has 0 atom stereocenters. The van der Waals surface area contributed by atoms with Crippen molar-refractivity contribution in [2.45, 2.75) is 25.3 Å². The zero-order valence-electron chi connectivity index (χ0n) is 8.29. The van der Waals surface area contributed by atoms with Crippen molar-refractivity contribution in [3.63, 3.8) is 0 Å². The van der Waals surface area contributed by atoms with Crippen LogP contribution >= 0.6 is 0 Å². The Hall–Kier alpha value is -1.26. The minimum atomic E-state index is 0.800. The van der Waals surface area contributed by atoms with E-state index in [-0.39, 0.29) is 0 Å². The number of nitrogens with one attached hydrogen (secondary N) is 1. The van der Waals surface area contributed by atoms with Crippen LogP contribution in [0.25, 0.3) is 0 Å². The Kier molecular flexibility index (Phi) is 3.21. The van der Waals surface area contributed by atoms with E-state index >= 15 is 0 Å². The summed E-state index contributed by atoms with van der Waals surface area (Å²) in [6, 6.07) is 10.9. The molecular weight excluding hydrogens is 170 g/mol. The average molecular weight is 185 g/mol. The second-order valence-electron chi connectivity index (χ2n) is 3.65. The lowest BCUT2D eigenvalue weighted by Crippen LogP contribution is -2.16. The molecule has 72 valence electrons. The molecule has 0 saturated heterocycles. The molecule has 1 heteroatoms. The van der Waals surface area contributed by atoms with E-state index in [1.54, 1.807) is 0 Å². The Morgan fingerprint density at radius 1 is 1.21 bits per heavy atom. The standard InChI is InChI=1S/C13H15N/c1-2-6-12(7-3-1)8-4-5-11-14-13-9-10-13/h1-3,6-7,13-14H,5,9-11H2. The molecule has 0 aromatic heterocycles. The predicted molar refractivity (Wildman–Crippen MR) is 59.0 cm³/mol. The van der Waals surface area contributed by atoms with Gasteiger partial charge in [0, 0.05) is 24.6 Å². The summed E-state index contributed by atoms with van der Waals surface area (Å²) in [4.78, 5) is 0. The van der Waals surface area contributed by atoms with Crippen molar-refractivity contribution in [3.8, 4) is 11.8 Å². The molecule has 1 nitrogen and oxygen atoms in total. The SMILES string of the molecule is C(#Cc1ccccc1)CCNC1CC1. The molecule has 1 aromatic rings. The van der Waals surface area contributed by atoms with Gasteiger partial charge in [0.25, 0.3) is 0 Å². The zero-order chi connectivity index (χ0) is 9.64. The number of benzene rings is 1. The molecule has 1 aromatic carbocycles. The lowest BCUT2D eigenvalue weighted by molar-refractivity contribution is 0.696. The highest BCUT2D eigenvalue weighted by molar-refractivity contribution is 5.33. The van der Waals surface area contributed by atoms with Gasteiger partial charge in [0.15, 0.2) is 0 Å². The van der Waals surface area contributed by atoms with Crippen LogP contribution in [0.4, 0.5) is 0 Å². The molecule has 1 saturated carbocycles. The molecule has 1 fully saturated rings. The van der Waals surface area contributed by atoms with Crippen LogP contribution < -0.4 is 5.32 Å². The summed E-state index contributed by atoms with van der Waals surface area (Å²) >= 11 is 0. The van der Waals surface area contributed by atoms with E-state index in [1.165, 1.54) is 12.8 Å². The second kappa shape index (κ2) is 4.83. The van der Waals surface area contributed by atoms with Crippen molar-refractivity contribution in [1.29, 1.82) is 0 Å². The first-order valence-corrected chi connectivity index (χ1v) is 5.22. The van der Waals surface area contributed by atoms with Gasteiger partial charge in [-0.2, -0.15) is 0 Å². The first-order valence-electron chi connectivity index (χ1n) is 5.22. The van der Waals surface area contributed by atoms with E-state index in [1.807, 2.05) is 30.3 Å². The summed E-state index contributed by atoms with van der Waals surface area (Å²) in [7, 11) is 0. The minimum Gasteiger partial charge on any atom is -0.313 e. The lowest BCUT2D eigenvalue weighted by Gasteiger charge is -1.95. The topological polar surface area (TPSA) is 12.0 Å². The maximum Gasteiger partial charge on any atom is 0.0245 e. The fourth-order valence-corrected chi connectivity index (χ4v) is 1.31. The fraction of sp³-hybridized carbons (Fsp3) is 0.385. The van der Waals surface area contributed by atoms with Gasteiger partial charge in [-0.3, -0.25) is 0 Å². The van der Waals surface area contributed by atoms with Crippen LogP contribution in [0.1, 0.15) is 24.8 Å². The average Bonchev–Trinajstić information content (AvgIpc) is 3.03. The van der Waals surface area contributed by atoms with E-state index in [4.69, 9.17) is 0 Å². The molecule has 0 heterocycles. The molecule has 0 spiro atoms. The molecule has 0 aliphatic heterocycles. The molecule has 1 N–H and O–H groups in total. The van der Waals surface area contributed by atoms with Crippen LogP contribution in [0.2, 0.25) is 0 Å². The van der Waals surface area contributed by atoms with Crippen LogP contribution in [0.15, 0.2) is 30.3 Å². The maximum atomic E-state index is 3.44. The van der Waals surface area contributed by atoms with Gasteiger partial charge in [-0.1, -0.05) is 30.0 Å². The Bertz CT molecular complexity index is 327. The summed E-state index contributed by atoms with van der Waals surface area (Å²) < 4.78 is 0. The maximum absolute atomic E-state index is 3.44. The number of rotatable bonds is 3. The largest absolute Gasteiger partial charge is 0.313 e. The molecule has 2 rings (SSSR count). The van der Waals surface area contributed by atoms with Crippen LogP contribution in [0.5, 0.6) is 0 Å². The van der Waals surface area contributed by atoms with Gasteiger partial charge < -0.3 is 5.32 Å². The summed E-state index contributed by atoms with van der Waals surface area (Å²) in [6.07, 6.45) is 3.66. The van der Waals surface area contributed by atoms with Crippen molar-refractivity contribution >= 4 is 0 Å². The summed E-state index contributed by atoms with van der Waals surface area (Å²) in [5, 5.41) is 3.44. The second-order valence-corrected chi connectivity index (χ2v) is 3.65. The van der Waals surface area contributed by atoms with E-state index in [9.17, 15) is 0 Å². The third kappa shape index (κ3) is 3.24. The molecule has 14 heavy (non-hydrogen) atoms. The highest BCUT2D eigenvalue weighted by atomic mass is 14.9. The van der Waals surface area contributed by atoms with E-state index < -0.39 is 0 Å². The van der Waals surface area contributed by atoms with Crippen molar-refractivity contribution in [2.75, 3.05) is 6.54 Å². The van der Waals surface area contributed by atoms with Gasteiger partial charge in [0.05, 0.1) is 0 Å². The number of hydrogen-bond donors (Lipinski definition) is 1. The molecule has 1 aliphatic rings. The first-order chi connectivity index (χ1) is 6.95. The van der Waals surface area contributed by atoms with Gasteiger partial charge in [-0.15, -0.1) is 0 Å². The Balaban J connectivity index is 1.70. The Morgan fingerprint density at radius 2 is 2.00 bits per heavy atom. The van der Waals surface area contributed by atoms with Crippen LogP contribution in [0.3, 0.4) is 0 Å². The Labute approximate surface area is 85.5 Å². The molecule has 0 radical (unpaired) electrons. The third-order valence-electron chi connectivity index (χ3n) is 2.27. The van der Waals surface area contributed by atoms with Gasteiger partial charge >= 0.3 is 0 Å². The minimum absolute atomic E-state index is 0.800. The summed E-state index contributed by atoms with van der Waals surface area (Å²) in [6.45, 7) is 1.03. The van der Waals surface area contributed by atoms with Gasteiger partial charge in [0.2, 0.25) is 0 Å². The molecule has 0 amide bonds. The van der Waals surface area contributed by atoms with Gasteiger partial charge in [-0.25, -0.2) is 0 Å². The van der Waals surface area contributed by atoms with E-state index in [0.29, 0.717) is 0 Å². The molecule has 1 aliphatic carbocycles. The molecule has 0 unspecified atom stereocenters. The normalized spacial score (nSPS) is 14.6. The Morgan fingerprint density at radius 3 is 2.71 bits per heavy atom. The molecular formula is C13H15N. The predicted octanol–water partition coefficient (Wildman–Crippen LogP) is 2.18. The smallest absolute Gasteiger partial charge is 0.0245 e. The van der Waals surface area contributed by atoms with Crippen LogP contribution in [0, 0.1) is 11.8 Å². The van der Waals surface area contributed by atoms with Gasteiger partial charge in [-0.05, 0) is 25.0 Å². The van der Waals surface area contributed by atoms with E-state index in [0.717, 1.165) is 24.6 Å². The molecule has 0 bridgehead atoms. The summed E-state index contributed by atoms with van der Waals surface area (Å²) in [5.41, 5.74) is 1.11. The number of hydrogen-bond acceptors (Lipinski definition) is 1.